The average Bonchev–Trinajstić information content (AvgIpc) is 2.55. The van der Waals surface area contributed by atoms with Gasteiger partial charge >= 0.3 is 35.8 Å². The van der Waals surface area contributed by atoms with Gasteiger partial charge in [-0.25, -0.2) is 0 Å². The van der Waals surface area contributed by atoms with Gasteiger partial charge in [0.05, 0.1) is 5.41 Å². The third kappa shape index (κ3) is 7.80. The third-order valence-corrected chi connectivity index (χ3v) is 4.37. The van der Waals surface area contributed by atoms with E-state index in [1.54, 1.807) is 0 Å². The van der Waals surface area contributed by atoms with Gasteiger partial charge in [-0.05, 0) is 20.3 Å². The van der Waals surface area contributed by atoms with Crippen LogP contribution in [0.5, 0.6) is 0 Å². The van der Waals surface area contributed by atoms with Crippen LogP contribution in [0.15, 0.2) is 0 Å². The summed E-state index contributed by atoms with van der Waals surface area (Å²) in [6, 6.07) is 0. The molecule has 13 heteroatoms. The quantitative estimate of drug-likeness (QED) is 0.259. The molecule has 0 radical (unpaired) electrons. The van der Waals surface area contributed by atoms with E-state index in [9.17, 15) is 53.1 Å². The highest BCUT2D eigenvalue weighted by molar-refractivity contribution is 5.75. The Balaban J connectivity index is 5.07. The minimum atomic E-state index is -5.39. The van der Waals surface area contributed by atoms with Crippen LogP contribution < -0.4 is 0 Å². The molecule has 0 heterocycles. The van der Waals surface area contributed by atoms with E-state index in [1.165, 1.54) is 20.8 Å². The number of hydrogen-bond acceptors (Lipinski definition) is 2. The minimum Gasteiger partial charge on any atom is -0.459 e. The highest BCUT2D eigenvalue weighted by Crippen LogP contribution is 2.46. The van der Waals surface area contributed by atoms with Crippen molar-refractivity contribution in [1.82, 2.24) is 0 Å². The van der Waals surface area contributed by atoms with E-state index in [0.29, 0.717) is 0 Å². The molecule has 0 saturated heterocycles. The van der Waals surface area contributed by atoms with Crippen molar-refractivity contribution >= 4 is 5.97 Å². The lowest BCUT2D eigenvalue weighted by Gasteiger charge is -2.31. The largest absolute Gasteiger partial charge is 0.459 e. The fourth-order valence-electron chi connectivity index (χ4n) is 1.76. The molecule has 0 aromatic carbocycles. The van der Waals surface area contributed by atoms with E-state index >= 15 is 0 Å². The van der Waals surface area contributed by atoms with Gasteiger partial charge in [0.15, 0.2) is 6.61 Å². The standard InChI is InChI=1S/C16H21F11O2/c1-4-11(2,3)10(28)29-9-15(23,24)14(21,22)6-5-12(17,18)13(19,20)7-8-16(25,26)27/h4-9H2,1-3H3. The maximum atomic E-state index is 13.6. The Hall–Kier alpha value is -1.30. The van der Waals surface area contributed by atoms with Crippen molar-refractivity contribution < 1.29 is 57.8 Å². The summed E-state index contributed by atoms with van der Waals surface area (Å²) in [5.74, 6) is -22.4. The summed E-state index contributed by atoms with van der Waals surface area (Å²) < 4.78 is 148. The van der Waals surface area contributed by atoms with E-state index < -0.39 is 73.5 Å². The molecular weight excluding hydrogens is 433 g/mol. The summed E-state index contributed by atoms with van der Waals surface area (Å²) in [6.07, 6.45) is -14.8. The lowest BCUT2D eigenvalue weighted by molar-refractivity contribution is -0.259. The van der Waals surface area contributed by atoms with Crippen LogP contribution in [0.4, 0.5) is 48.3 Å². The predicted octanol–water partition coefficient (Wildman–Crippen LogP) is 6.63. The predicted molar refractivity (Wildman–Crippen MR) is 79.3 cm³/mol. The van der Waals surface area contributed by atoms with Crippen LogP contribution in [0.1, 0.15) is 52.9 Å². The first-order valence-electron chi connectivity index (χ1n) is 8.35. The number of halogens is 11. The molecule has 0 aromatic rings. The number of alkyl halides is 11. The fraction of sp³-hybridized carbons (Fsp3) is 0.938. The molecule has 0 aliphatic heterocycles. The van der Waals surface area contributed by atoms with Crippen molar-refractivity contribution in [3.8, 4) is 0 Å². The monoisotopic (exact) mass is 454 g/mol. The van der Waals surface area contributed by atoms with E-state index in [1.807, 2.05) is 0 Å². The van der Waals surface area contributed by atoms with E-state index in [2.05, 4.69) is 4.74 Å². The summed E-state index contributed by atoms with van der Waals surface area (Å²) in [7, 11) is 0. The summed E-state index contributed by atoms with van der Waals surface area (Å²) in [5.41, 5.74) is -1.29. The molecule has 0 saturated carbocycles. The molecule has 0 unspecified atom stereocenters. The zero-order valence-electron chi connectivity index (χ0n) is 15.7. The Morgan fingerprint density at radius 2 is 1.00 bits per heavy atom. The molecule has 0 N–H and O–H groups in total. The van der Waals surface area contributed by atoms with Crippen molar-refractivity contribution in [1.29, 1.82) is 0 Å². The van der Waals surface area contributed by atoms with Gasteiger partial charge in [-0.2, -0.15) is 48.3 Å². The number of ether oxygens (including phenoxy) is 1. The molecule has 0 bridgehead atoms. The van der Waals surface area contributed by atoms with Gasteiger partial charge in [0, 0.05) is 25.7 Å². The van der Waals surface area contributed by atoms with Gasteiger partial charge in [0.25, 0.3) is 0 Å². The number of hydrogen-bond donors (Lipinski definition) is 0. The van der Waals surface area contributed by atoms with Crippen LogP contribution in [-0.2, 0) is 9.53 Å². The van der Waals surface area contributed by atoms with E-state index in [4.69, 9.17) is 0 Å². The molecular formula is C16H21F11O2. The van der Waals surface area contributed by atoms with Crippen molar-refractivity contribution in [3.63, 3.8) is 0 Å². The Bertz CT molecular complexity index is 554. The second-order valence-corrected chi connectivity index (χ2v) is 7.25. The summed E-state index contributed by atoms with van der Waals surface area (Å²) >= 11 is 0. The smallest absolute Gasteiger partial charge is 0.389 e. The molecule has 0 rings (SSSR count). The topological polar surface area (TPSA) is 26.3 Å². The second-order valence-electron chi connectivity index (χ2n) is 7.25. The first-order valence-corrected chi connectivity index (χ1v) is 8.35. The van der Waals surface area contributed by atoms with Gasteiger partial charge in [-0.3, -0.25) is 4.79 Å². The van der Waals surface area contributed by atoms with Crippen LogP contribution in [0.25, 0.3) is 0 Å². The molecule has 0 amide bonds. The van der Waals surface area contributed by atoms with Crippen LogP contribution >= 0.6 is 0 Å². The van der Waals surface area contributed by atoms with Crippen molar-refractivity contribution in [2.24, 2.45) is 5.41 Å². The zero-order valence-corrected chi connectivity index (χ0v) is 15.7. The molecule has 0 aliphatic carbocycles. The minimum absolute atomic E-state index is 0.104. The van der Waals surface area contributed by atoms with Crippen LogP contribution in [0, 0.1) is 5.41 Å². The zero-order chi connectivity index (χ0) is 23.5. The van der Waals surface area contributed by atoms with Crippen LogP contribution in [0.2, 0.25) is 0 Å². The molecule has 0 spiro atoms. The van der Waals surface area contributed by atoms with Crippen LogP contribution in [0.3, 0.4) is 0 Å². The first kappa shape index (κ1) is 27.7. The van der Waals surface area contributed by atoms with Crippen molar-refractivity contribution in [3.05, 3.63) is 0 Å². The number of carbonyl (C=O) groups excluding carboxylic acids is 1. The molecule has 2 nitrogen and oxygen atoms in total. The SMILES string of the molecule is CCC(C)(C)C(=O)OCC(F)(F)C(F)(F)CCC(F)(F)C(F)(F)CCC(F)(F)F. The fourth-order valence-corrected chi connectivity index (χ4v) is 1.76. The van der Waals surface area contributed by atoms with E-state index in [0.717, 1.165) is 0 Å². The van der Waals surface area contributed by atoms with Crippen molar-refractivity contribution in [2.75, 3.05) is 6.61 Å². The summed E-state index contributed by atoms with van der Waals surface area (Å²) in [5, 5.41) is 0. The van der Waals surface area contributed by atoms with Gasteiger partial charge in [-0.15, -0.1) is 0 Å². The van der Waals surface area contributed by atoms with Crippen LogP contribution in [-0.4, -0.2) is 42.4 Å². The number of esters is 1. The summed E-state index contributed by atoms with van der Waals surface area (Å²) in [6.45, 7) is 1.84. The summed E-state index contributed by atoms with van der Waals surface area (Å²) in [4.78, 5) is 11.6. The molecule has 174 valence electrons. The number of carbonyl (C=O) groups is 1. The van der Waals surface area contributed by atoms with Gasteiger partial charge in [0.2, 0.25) is 0 Å². The Kier molecular flexibility index (Phi) is 8.43. The Morgan fingerprint density at radius 1 is 0.655 bits per heavy atom. The molecule has 29 heavy (non-hydrogen) atoms. The van der Waals surface area contributed by atoms with E-state index in [-0.39, 0.29) is 6.42 Å². The Morgan fingerprint density at radius 3 is 1.34 bits per heavy atom. The second kappa shape index (κ2) is 8.83. The van der Waals surface area contributed by atoms with Gasteiger partial charge < -0.3 is 4.74 Å². The highest BCUT2D eigenvalue weighted by Gasteiger charge is 2.62. The number of rotatable bonds is 11. The molecule has 0 atom stereocenters. The van der Waals surface area contributed by atoms with Gasteiger partial charge in [-0.1, -0.05) is 6.92 Å². The molecule has 0 aliphatic rings. The maximum Gasteiger partial charge on any atom is 0.389 e. The highest BCUT2D eigenvalue weighted by atomic mass is 19.4. The Labute approximate surface area is 159 Å². The van der Waals surface area contributed by atoms with Gasteiger partial charge in [0.1, 0.15) is 0 Å². The average molecular weight is 454 g/mol. The normalized spacial score (nSPS) is 14.8. The maximum absolute atomic E-state index is 13.6. The lowest BCUT2D eigenvalue weighted by Crippen LogP contribution is -2.48. The molecule has 0 fully saturated rings. The third-order valence-electron chi connectivity index (χ3n) is 4.37. The van der Waals surface area contributed by atoms with Crippen molar-refractivity contribution in [2.45, 2.75) is 82.7 Å². The molecule has 0 aromatic heterocycles. The lowest BCUT2D eigenvalue weighted by atomic mass is 9.90. The first-order chi connectivity index (χ1) is 12.6.